The first kappa shape index (κ1) is 20.1. The maximum atomic E-state index is 12.1. The number of amides is 2. The molecule has 2 amide bonds. The molecule has 4 aromatic rings. The lowest BCUT2D eigenvalue weighted by molar-refractivity contribution is 0.262. The molecule has 2 heterocycles. The van der Waals surface area contributed by atoms with Crippen molar-refractivity contribution < 1.29 is 4.79 Å². The number of pyridine rings is 1. The van der Waals surface area contributed by atoms with Crippen LogP contribution < -0.4 is 21.3 Å². The predicted molar refractivity (Wildman–Crippen MR) is 123 cm³/mol. The van der Waals surface area contributed by atoms with Crippen molar-refractivity contribution in [3.63, 3.8) is 0 Å². The summed E-state index contributed by atoms with van der Waals surface area (Å²) in [4.78, 5) is 24.8. The zero-order valence-electron chi connectivity index (χ0n) is 16.2. The fourth-order valence-electron chi connectivity index (χ4n) is 2.71. The summed E-state index contributed by atoms with van der Waals surface area (Å²) >= 11 is 5.93. The van der Waals surface area contributed by atoms with Crippen LogP contribution in [0.25, 0.3) is 0 Å². The first-order chi connectivity index (χ1) is 15.1. The van der Waals surface area contributed by atoms with E-state index in [0.29, 0.717) is 33.9 Å². The topological polar surface area (TPSA) is 104 Å². The van der Waals surface area contributed by atoms with Gasteiger partial charge in [-0.1, -0.05) is 23.7 Å². The highest BCUT2D eigenvalue weighted by atomic mass is 35.5. The summed E-state index contributed by atoms with van der Waals surface area (Å²) in [5.74, 6) is 1.93. The summed E-state index contributed by atoms with van der Waals surface area (Å²) in [6, 6.07) is 21.2. The second kappa shape index (κ2) is 9.55. The van der Waals surface area contributed by atoms with Gasteiger partial charge in [-0.3, -0.25) is 0 Å². The maximum absolute atomic E-state index is 12.1. The Morgan fingerprint density at radius 3 is 2.16 bits per heavy atom. The number of benzene rings is 2. The normalized spacial score (nSPS) is 10.2. The molecule has 0 bridgehead atoms. The van der Waals surface area contributed by atoms with E-state index in [2.05, 4.69) is 36.2 Å². The number of rotatable bonds is 6. The van der Waals surface area contributed by atoms with E-state index in [1.807, 2.05) is 30.3 Å². The van der Waals surface area contributed by atoms with Crippen LogP contribution in [0.2, 0.25) is 5.02 Å². The number of nitrogens with zero attached hydrogens (tertiary/aromatic N) is 3. The van der Waals surface area contributed by atoms with E-state index in [1.54, 1.807) is 48.7 Å². The van der Waals surface area contributed by atoms with E-state index < -0.39 is 0 Å². The van der Waals surface area contributed by atoms with Crippen LogP contribution in [0, 0.1) is 0 Å². The van der Waals surface area contributed by atoms with Gasteiger partial charge in [0, 0.05) is 34.3 Å². The van der Waals surface area contributed by atoms with Crippen LogP contribution in [-0.2, 0) is 0 Å². The summed E-state index contributed by atoms with van der Waals surface area (Å²) in [6.07, 6.45) is 3.16. The number of aromatic nitrogens is 3. The molecule has 0 unspecified atom stereocenters. The molecule has 4 N–H and O–H groups in total. The van der Waals surface area contributed by atoms with Gasteiger partial charge in [-0.05, 0) is 54.6 Å². The molecule has 0 aliphatic heterocycles. The first-order valence-corrected chi connectivity index (χ1v) is 9.73. The van der Waals surface area contributed by atoms with Crippen LogP contribution in [0.4, 0.5) is 39.3 Å². The molecule has 154 valence electrons. The minimum Gasteiger partial charge on any atom is -0.340 e. The molecule has 4 rings (SSSR count). The van der Waals surface area contributed by atoms with Crippen molar-refractivity contribution in [2.24, 2.45) is 0 Å². The lowest BCUT2D eigenvalue weighted by atomic mass is 10.2. The van der Waals surface area contributed by atoms with Crippen LogP contribution >= 0.6 is 11.6 Å². The number of hydrogen-bond donors (Lipinski definition) is 4. The number of halogens is 1. The highest BCUT2D eigenvalue weighted by Gasteiger charge is 2.05. The maximum Gasteiger partial charge on any atom is 0.323 e. The van der Waals surface area contributed by atoms with Gasteiger partial charge in [0.25, 0.3) is 0 Å². The second-order valence-electron chi connectivity index (χ2n) is 6.42. The minimum absolute atomic E-state index is 0.357. The third kappa shape index (κ3) is 5.91. The summed E-state index contributed by atoms with van der Waals surface area (Å²) in [5.41, 5.74) is 2.07. The van der Waals surface area contributed by atoms with E-state index in [4.69, 9.17) is 11.6 Å². The van der Waals surface area contributed by atoms with Crippen LogP contribution in [0.5, 0.6) is 0 Å². The van der Waals surface area contributed by atoms with Crippen molar-refractivity contribution in [1.29, 1.82) is 0 Å². The standard InChI is InChI=1S/C22H18ClN7O/c23-15-4-3-5-18(12-15)29-22(31)28-17-9-7-16(8-10-17)27-20-13-21(26-14-25-20)30-19-6-1-2-11-24-19/h1-14H,(H2,28,29,31)(H2,24,25,26,27,30). The SMILES string of the molecule is O=C(Nc1ccc(Nc2cc(Nc3ccccn3)ncn2)cc1)Nc1cccc(Cl)c1. The Morgan fingerprint density at radius 1 is 0.677 bits per heavy atom. The van der Waals surface area contributed by atoms with Gasteiger partial charge in [0.1, 0.15) is 23.8 Å². The number of carbonyl (C=O) groups excluding carboxylic acids is 1. The van der Waals surface area contributed by atoms with Crippen molar-refractivity contribution in [3.05, 3.63) is 90.3 Å². The molecule has 0 aliphatic carbocycles. The lowest BCUT2D eigenvalue weighted by Gasteiger charge is -2.10. The Labute approximate surface area is 183 Å². The summed E-state index contributed by atoms with van der Waals surface area (Å²) < 4.78 is 0. The van der Waals surface area contributed by atoms with Gasteiger partial charge in [0.2, 0.25) is 0 Å². The Bertz CT molecular complexity index is 1170. The van der Waals surface area contributed by atoms with E-state index >= 15 is 0 Å². The molecule has 0 aliphatic rings. The third-order valence-corrected chi connectivity index (χ3v) is 4.32. The van der Waals surface area contributed by atoms with E-state index in [1.165, 1.54) is 6.33 Å². The Balaban J connectivity index is 1.35. The van der Waals surface area contributed by atoms with Gasteiger partial charge in [-0.15, -0.1) is 0 Å². The highest BCUT2D eigenvalue weighted by molar-refractivity contribution is 6.30. The Kier molecular flexibility index (Phi) is 6.20. The zero-order chi connectivity index (χ0) is 21.5. The average Bonchev–Trinajstić information content (AvgIpc) is 2.76. The molecule has 0 radical (unpaired) electrons. The molecule has 2 aromatic heterocycles. The molecule has 0 saturated carbocycles. The van der Waals surface area contributed by atoms with Crippen LogP contribution in [-0.4, -0.2) is 21.0 Å². The smallest absolute Gasteiger partial charge is 0.323 e. The summed E-state index contributed by atoms with van der Waals surface area (Å²) in [6.45, 7) is 0. The average molecular weight is 432 g/mol. The van der Waals surface area contributed by atoms with Gasteiger partial charge >= 0.3 is 6.03 Å². The van der Waals surface area contributed by atoms with E-state index in [-0.39, 0.29) is 6.03 Å². The van der Waals surface area contributed by atoms with Crippen molar-refractivity contribution >= 4 is 52.1 Å². The van der Waals surface area contributed by atoms with Gasteiger partial charge in [0.15, 0.2) is 0 Å². The molecule has 0 atom stereocenters. The number of hydrogen-bond acceptors (Lipinski definition) is 6. The van der Waals surface area contributed by atoms with Crippen LogP contribution in [0.1, 0.15) is 0 Å². The molecular weight excluding hydrogens is 414 g/mol. The first-order valence-electron chi connectivity index (χ1n) is 9.35. The van der Waals surface area contributed by atoms with Gasteiger partial charge < -0.3 is 21.3 Å². The number of carbonyl (C=O) groups is 1. The van der Waals surface area contributed by atoms with Crippen molar-refractivity contribution in [2.45, 2.75) is 0 Å². The molecule has 0 fully saturated rings. The largest absolute Gasteiger partial charge is 0.340 e. The third-order valence-electron chi connectivity index (χ3n) is 4.09. The molecule has 8 nitrogen and oxygen atoms in total. The Morgan fingerprint density at radius 2 is 1.42 bits per heavy atom. The molecule has 0 saturated heterocycles. The zero-order valence-corrected chi connectivity index (χ0v) is 17.0. The Hall–Kier alpha value is -4.17. The second-order valence-corrected chi connectivity index (χ2v) is 6.86. The molecule has 2 aromatic carbocycles. The fraction of sp³-hybridized carbons (Fsp3) is 0. The van der Waals surface area contributed by atoms with Crippen LogP contribution in [0.3, 0.4) is 0 Å². The quantitative estimate of drug-likeness (QED) is 0.314. The molecular formula is C22H18ClN7O. The summed E-state index contributed by atoms with van der Waals surface area (Å²) in [5, 5.41) is 12.4. The monoisotopic (exact) mass is 431 g/mol. The summed E-state index contributed by atoms with van der Waals surface area (Å²) in [7, 11) is 0. The van der Waals surface area contributed by atoms with Gasteiger partial charge in [0.05, 0.1) is 0 Å². The van der Waals surface area contributed by atoms with Crippen molar-refractivity contribution in [2.75, 3.05) is 21.3 Å². The number of urea groups is 1. The lowest BCUT2D eigenvalue weighted by Crippen LogP contribution is -2.19. The minimum atomic E-state index is -0.357. The molecule has 31 heavy (non-hydrogen) atoms. The number of nitrogens with one attached hydrogen (secondary N) is 4. The van der Waals surface area contributed by atoms with Gasteiger partial charge in [-0.2, -0.15) is 0 Å². The van der Waals surface area contributed by atoms with E-state index in [9.17, 15) is 4.79 Å². The van der Waals surface area contributed by atoms with Crippen molar-refractivity contribution in [1.82, 2.24) is 15.0 Å². The van der Waals surface area contributed by atoms with Crippen LogP contribution in [0.15, 0.2) is 85.3 Å². The van der Waals surface area contributed by atoms with Crippen molar-refractivity contribution in [3.8, 4) is 0 Å². The predicted octanol–water partition coefficient (Wildman–Crippen LogP) is 5.66. The highest BCUT2D eigenvalue weighted by Crippen LogP contribution is 2.20. The van der Waals surface area contributed by atoms with E-state index in [0.717, 1.165) is 5.69 Å². The number of anilines is 6. The molecule has 9 heteroatoms. The van der Waals surface area contributed by atoms with Gasteiger partial charge in [-0.25, -0.2) is 19.7 Å². The molecule has 0 spiro atoms. The fourth-order valence-corrected chi connectivity index (χ4v) is 2.90.